The molecule has 0 aliphatic carbocycles. The number of pyridine rings is 1. The minimum Gasteiger partial charge on any atom is -0.497 e. The fourth-order valence-corrected chi connectivity index (χ4v) is 2.28. The molecular weight excluding hydrogens is 274 g/mol. The fourth-order valence-electron chi connectivity index (χ4n) is 1.94. The largest absolute Gasteiger partial charge is 0.497 e. The van der Waals surface area contributed by atoms with Gasteiger partial charge in [-0.2, -0.15) is 0 Å². The molecule has 0 saturated heterocycles. The van der Waals surface area contributed by atoms with E-state index >= 15 is 0 Å². The van der Waals surface area contributed by atoms with Crippen LogP contribution in [0.15, 0.2) is 36.5 Å². The second kappa shape index (κ2) is 6.59. The Balaban J connectivity index is 2.12. The number of ether oxygens (including phenoxy) is 1. The molecule has 1 aromatic carbocycles. The third-order valence-corrected chi connectivity index (χ3v) is 3.33. The number of aromatic nitrogens is 1. The Morgan fingerprint density at radius 2 is 1.95 bits per heavy atom. The average Bonchev–Trinajstić information content (AvgIpc) is 2.47. The van der Waals surface area contributed by atoms with Crippen molar-refractivity contribution in [2.24, 2.45) is 5.73 Å². The molecule has 2 aromatic rings. The van der Waals surface area contributed by atoms with Crippen LogP contribution in [0.1, 0.15) is 11.1 Å². The molecule has 0 bridgehead atoms. The van der Waals surface area contributed by atoms with Crippen molar-refractivity contribution in [3.05, 3.63) is 52.7 Å². The maximum absolute atomic E-state index is 6.24. The van der Waals surface area contributed by atoms with E-state index < -0.39 is 0 Å². The molecule has 2 N–H and O–H groups in total. The zero-order valence-corrected chi connectivity index (χ0v) is 12.4. The topological polar surface area (TPSA) is 51.4 Å². The second-order valence-electron chi connectivity index (χ2n) is 4.56. The van der Waals surface area contributed by atoms with Crippen LogP contribution in [-0.2, 0) is 13.1 Å². The first-order valence-electron chi connectivity index (χ1n) is 6.32. The molecule has 5 heteroatoms. The number of nitrogens with two attached hydrogens (primary N) is 1. The van der Waals surface area contributed by atoms with Crippen LogP contribution in [0.2, 0.25) is 5.02 Å². The van der Waals surface area contributed by atoms with Gasteiger partial charge < -0.3 is 15.4 Å². The smallest absolute Gasteiger partial charge is 0.147 e. The van der Waals surface area contributed by atoms with Crippen LogP contribution in [-0.4, -0.2) is 19.1 Å². The maximum Gasteiger partial charge on any atom is 0.147 e. The lowest BCUT2D eigenvalue weighted by Crippen LogP contribution is -2.18. The van der Waals surface area contributed by atoms with Gasteiger partial charge in [0.1, 0.15) is 11.6 Å². The van der Waals surface area contributed by atoms with Crippen LogP contribution in [0.3, 0.4) is 0 Å². The first kappa shape index (κ1) is 14.6. The number of methoxy groups -OCH3 is 1. The lowest BCUT2D eigenvalue weighted by atomic mass is 10.2. The monoisotopic (exact) mass is 291 g/mol. The van der Waals surface area contributed by atoms with Gasteiger partial charge in [0.25, 0.3) is 0 Å². The van der Waals surface area contributed by atoms with Crippen molar-refractivity contribution in [2.45, 2.75) is 13.1 Å². The molecule has 1 aromatic heterocycles. The van der Waals surface area contributed by atoms with Gasteiger partial charge in [-0.25, -0.2) is 4.98 Å². The van der Waals surface area contributed by atoms with E-state index in [4.69, 9.17) is 22.1 Å². The SMILES string of the molecule is COc1ccc(CN(C)c2ncc(CN)cc2Cl)cc1. The Morgan fingerprint density at radius 1 is 1.25 bits per heavy atom. The number of halogens is 1. The van der Waals surface area contributed by atoms with Gasteiger partial charge in [0, 0.05) is 26.3 Å². The zero-order valence-electron chi connectivity index (χ0n) is 11.6. The summed E-state index contributed by atoms with van der Waals surface area (Å²) in [4.78, 5) is 6.37. The highest BCUT2D eigenvalue weighted by molar-refractivity contribution is 6.33. The minimum absolute atomic E-state index is 0.440. The summed E-state index contributed by atoms with van der Waals surface area (Å²) >= 11 is 6.24. The van der Waals surface area contributed by atoms with Crippen molar-refractivity contribution < 1.29 is 4.74 Å². The summed E-state index contributed by atoms with van der Waals surface area (Å²) in [5.74, 6) is 1.60. The Bertz CT molecular complexity index is 572. The van der Waals surface area contributed by atoms with Crippen LogP contribution in [0, 0.1) is 0 Å². The summed E-state index contributed by atoms with van der Waals surface area (Å²) in [6, 6.07) is 9.79. The first-order chi connectivity index (χ1) is 9.63. The van der Waals surface area contributed by atoms with Crippen molar-refractivity contribution in [1.29, 1.82) is 0 Å². The molecule has 0 fully saturated rings. The zero-order chi connectivity index (χ0) is 14.5. The number of anilines is 1. The quantitative estimate of drug-likeness (QED) is 0.920. The van der Waals surface area contributed by atoms with E-state index in [0.29, 0.717) is 11.6 Å². The molecule has 1 heterocycles. The molecule has 0 spiro atoms. The number of hydrogen-bond donors (Lipinski definition) is 1. The van der Waals surface area contributed by atoms with Gasteiger partial charge in [-0.3, -0.25) is 0 Å². The summed E-state index contributed by atoms with van der Waals surface area (Å²) in [6.07, 6.45) is 1.76. The molecule has 0 aliphatic heterocycles. The summed E-state index contributed by atoms with van der Waals surface area (Å²) < 4.78 is 5.14. The number of hydrogen-bond acceptors (Lipinski definition) is 4. The molecular formula is C15H18ClN3O. The molecule has 20 heavy (non-hydrogen) atoms. The summed E-state index contributed by atoms with van der Waals surface area (Å²) in [5, 5.41) is 0.615. The van der Waals surface area contributed by atoms with E-state index in [0.717, 1.165) is 29.2 Å². The predicted molar refractivity (Wildman–Crippen MR) is 82.2 cm³/mol. The van der Waals surface area contributed by atoms with Crippen LogP contribution in [0.5, 0.6) is 5.75 Å². The third kappa shape index (κ3) is 3.40. The first-order valence-corrected chi connectivity index (χ1v) is 6.70. The van der Waals surface area contributed by atoms with E-state index in [1.54, 1.807) is 13.3 Å². The summed E-state index contributed by atoms with van der Waals surface area (Å²) in [5.41, 5.74) is 7.66. The van der Waals surface area contributed by atoms with Gasteiger partial charge >= 0.3 is 0 Å². The molecule has 0 aliphatic rings. The van der Waals surface area contributed by atoms with Crippen LogP contribution in [0.4, 0.5) is 5.82 Å². The second-order valence-corrected chi connectivity index (χ2v) is 4.96. The highest BCUT2D eigenvalue weighted by Gasteiger charge is 2.09. The van der Waals surface area contributed by atoms with E-state index in [2.05, 4.69) is 4.98 Å². The highest BCUT2D eigenvalue weighted by Crippen LogP contribution is 2.24. The van der Waals surface area contributed by atoms with Crippen LogP contribution in [0.25, 0.3) is 0 Å². The standard InChI is InChI=1S/C15H18ClN3O/c1-19(10-11-3-5-13(20-2)6-4-11)15-14(16)7-12(8-17)9-18-15/h3-7,9H,8,10,17H2,1-2H3. The maximum atomic E-state index is 6.24. The summed E-state index contributed by atoms with van der Waals surface area (Å²) in [6.45, 7) is 1.16. The molecule has 106 valence electrons. The van der Waals surface area contributed by atoms with Gasteiger partial charge in [-0.05, 0) is 29.3 Å². The van der Waals surface area contributed by atoms with Crippen LogP contribution < -0.4 is 15.4 Å². The molecule has 4 nitrogen and oxygen atoms in total. The highest BCUT2D eigenvalue weighted by atomic mass is 35.5. The van der Waals surface area contributed by atoms with Crippen molar-refractivity contribution in [1.82, 2.24) is 4.98 Å². The molecule has 0 unspecified atom stereocenters. The number of rotatable bonds is 5. The van der Waals surface area contributed by atoms with Gasteiger partial charge in [0.2, 0.25) is 0 Å². The van der Waals surface area contributed by atoms with Gasteiger partial charge in [-0.15, -0.1) is 0 Å². The van der Waals surface area contributed by atoms with E-state index in [1.807, 2.05) is 42.3 Å². The Morgan fingerprint density at radius 3 is 2.50 bits per heavy atom. The Labute approximate surface area is 124 Å². The fraction of sp³-hybridized carbons (Fsp3) is 0.267. The van der Waals surface area contributed by atoms with Crippen molar-refractivity contribution in [3.8, 4) is 5.75 Å². The molecule has 2 rings (SSSR count). The minimum atomic E-state index is 0.440. The van der Waals surface area contributed by atoms with E-state index in [-0.39, 0.29) is 0 Å². The average molecular weight is 292 g/mol. The van der Waals surface area contributed by atoms with Crippen LogP contribution >= 0.6 is 11.6 Å². The third-order valence-electron chi connectivity index (χ3n) is 3.05. The van der Waals surface area contributed by atoms with Crippen molar-refractivity contribution in [3.63, 3.8) is 0 Å². The molecule has 0 radical (unpaired) electrons. The predicted octanol–water partition coefficient (Wildman–Crippen LogP) is 2.84. The Hall–Kier alpha value is -1.78. The molecule has 0 atom stereocenters. The van der Waals surface area contributed by atoms with Gasteiger partial charge in [0.05, 0.1) is 12.1 Å². The number of nitrogens with zero attached hydrogens (tertiary/aromatic N) is 2. The Kier molecular flexibility index (Phi) is 4.82. The van der Waals surface area contributed by atoms with Crippen molar-refractivity contribution in [2.75, 3.05) is 19.1 Å². The molecule has 0 saturated carbocycles. The lowest BCUT2D eigenvalue weighted by Gasteiger charge is -2.20. The van der Waals surface area contributed by atoms with E-state index in [1.165, 1.54) is 0 Å². The lowest BCUT2D eigenvalue weighted by molar-refractivity contribution is 0.414. The van der Waals surface area contributed by atoms with Gasteiger partial charge in [-0.1, -0.05) is 23.7 Å². The number of benzene rings is 1. The summed E-state index contributed by atoms with van der Waals surface area (Å²) in [7, 11) is 3.62. The normalized spacial score (nSPS) is 10.4. The van der Waals surface area contributed by atoms with E-state index in [9.17, 15) is 0 Å². The van der Waals surface area contributed by atoms with Crippen molar-refractivity contribution >= 4 is 17.4 Å². The van der Waals surface area contributed by atoms with Gasteiger partial charge in [0.15, 0.2) is 0 Å². The molecule has 0 amide bonds.